The average Bonchev–Trinajstić information content (AvgIpc) is 3.40. The average molecular weight is 1030 g/mol. The van der Waals surface area contributed by atoms with E-state index in [1.807, 2.05) is 0 Å². The van der Waals surface area contributed by atoms with Crippen LogP contribution in [0.3, 0.4) is 0 Å². The van der Waals surface area contributed by atoms with Crippen molar-refractivity contribution >= 4 is 17.9 Å². The van der Waals surface area contributed by atoms with Crippen LogP contribution in [0.2, 0.25) is 0 Å². The zero-order valence-corrected chi connectivity index (χ0v) is 48.1. The van der Waals surface area contributed by atoms with Gasteiger partial charge in [-0.3, -0.25) is 14.4 Å². The lowest BCUT2D eigenvalue weighted by molar-refractivity contribution is -0.167. The van der Waals surface area contributed by atoms with Crippen LogP contribution < -0.4 is 0 Å². The third kappa shape index (κ3) is 58.7. The first-order valence-corrected chi connectivity index (χ1v) is 30.5. The molecule has 0 rings (SSSR count). The highest BCUT2D eigenvalue weighted by atomic mass is 16.6. The van der Waals surface area contributed by atoms with Gasteiger partial charge in [-0.15, -0.1) is 0 Å². The topological polar surface area (TPSA) is 78.9 Å². The Balaban J connectivity index is 4.45. The summed E-state index contributed by atoms with van der Waals surface area (Å²) in [5.74, 6) is -0.962. The fourth-order valence-electron chi connectivity index (χ4n) is 8.09. The molecule has 0 amide bonds. The van der Waals surface area contributed by atoms with Gasteiger partial charge in [-0.2, -0.15) is 0 Å². The molecule has 0 saturated carbocycles. The minimum Gasteiger partial charge on any atom is -0.462 e. The molecule has 0 N–H and O–H groups in total. The summed E-state index contributed by atoms with van der Waals surface area (Å²) in [5, 5.41) is 0. The van der Waals surface area contributed by atoms with E-state index in [0.29, 0.717) is 25.7 Å². The first-order valence-electron chi connectivity index (χ1n) is 30.5. The van der Waals surface area contributed by atoms with E-state index in [-0.39, 0.29) is 31.1 Å². The van der Waals surface area contributed by atoms with Gasteiger partial charge in [0, 0.05) is 19.3 Å². The molecule has 0 aromatic rings. The van der Waals surface area contributed by atoms with E-state index in [4.69, 9.17) is 14.2 Å². The Hall–Kier alpha value is -4.19. The van der Waals surface area contributed by atoms with Crippen molar-refractivity contribution in [2.45, 2.75) is 277 Å². The largest absolute Gasteiger partial charge is 0.462 e. The number of unbranched alkanes of at least 4 members (excludes halogenated alkanes) is 23. The van der Waals surface area contributed by atoms with Gasteiger partial charge < -0.3 is 14.2 Å². The molecule has 1 atom stereocenters. The normalized spacial score (nSPS) is 13.0. The minimum absolute atomic E-state index is 0.101. The molecule has 6 nitrogen and oxygen atoms in total. The molecule has 0 saturated heterocycles. The van der Waals surface area contributed by atoms with Crippen LogP contribution in [0.15, 0.2) is 122 Å². The van der Waals surface area contributed by atoms with Gasteiger partial charge in [-0.25, -0.2) is 0 Å². The maximum absolute atomic E-state index is 12.9. The van der Waals surface area contributed by atoms with Crippen LogP contribution in [0, 0.1) is 0 Å². The van der Waals surface area contributed by atoms with Gasteiger partial charge in [0.2, 0.25) is 0 Å². The van der Waals surface area contributed by atoms with E-state index in [0.717, 1.165) is 128 Å². The molecule has 0 bridgehead atoms. The Morgan fingerprint density at radius 1 is 0.284 bits per heavy atom. The second-order valence-electron chi connectivity index (χ2n) is 19.9. The van der Waals surface area contributed by atoms with Crippen LogP contribution >= 0.6 is 0 Å². The number of rotatable bonds is 54. The minimum atomic E-state index is -0.807. The van der Waals surface area contributed by atoms with Gasteiger partial charge in [0.05, 0.1) is 0 Å². The van der Waals surface area contributed by atoms with Crippen LogP contribution in [-0.2, 0) is 28.6 Å². The van der Waals surface area contributed by atoms with Crippen LogP contribution in [0.5, 0.6) is 0 Å². The maximum atomic E-state index is 12.9. The highest BCUT2D eigenvalue weighted by Crippen LogP contribution is 2.14. The molecule has 74 heavy (non-hydrogen) atoms. The quantitative estimate of drug-likeness (QED) is 0.0261. The Bertz CT molecular complexity index is 1550. The second kappa shape index (κ2) is 61.4. The molecule has 0 aliphatic rings. The second-order valence-corrected chi connectivity index (χ2v) is 19.9. The number of allylic oxidation sites excluding steroid dienone is 20. The van der Waals surface area contributed by atoms with E-state index in [1.165, 1.54) is 96.3 Å². The first kappa shape index (κ1) is 69.8. The summed E-state index contributed by atoms with van der Waals surface area (Å²) < 4.78 is 16.8. The highest BCUT2D eigenvalue weighted by molar-refractivity contribution is 5.71. The maximum Gasteiger partial charge on any atom is 0.306 e. The van der Waals surface area contributed by atoms with Crippen LogP contribution in [-0.4, -0.2) is 37.2 Å². The van der Waals surface area contributed by atoms with Gasteiger partial charge >= 0.3 is 17.9 Å². The summed E-state index contributed by atoms with van der Waals surface area (Å²) in [5.41, 5.74) is 0. The number of ether oxygens (including phenoxy) is 3. The third-order valence-electron chi connectivity index (χ3n) is 12.7. The standard InChI is InChI=1S/C68H112O6/c1-4-7-10-13-16-19-22-25-28-29-30-31-32-33-34-35-36-37-38-39-41-43-46-49-52-55-58-61-67(70)73-64-65(63-72-66(69)60-57-54-51-48-45-42-27-24-21-18-15-12-9-6-3)74-68(71)62-59-56-53-50-47-44-40-26-23-20-17-14-11-8-5-2/h7,10,16,19,24-28,30-31,33-34,36-37,39-41,46,49,65H,4-6,8-9,11-15,17-18,20-23,29,32,35,38,42-45,47-48,50-64H2,1-3H3/b10-7-,19-16-,27-24-,28-25-,31-30-,34-33-,37-36-,40-26-,41-39-,49-46-. The van der Waals surface area contributed by atoms with Crippen molar-refractivity contribution in [3.05, 3.63) is 122 Å². The molecule has 0 aliphatic carbocycles. The molecular weight excluding hydrogens is 913 g/mol. The van der Waals surface area contributed by atoms with Gasteiger partial charge in [0.15, 0.2) is 6.10 Å². The molecule has 0 heterocycles. The molecule has 6 heteroatoms. The number of carbonyl (C=O) groups is 3. The van der Waals surface area contributed by atoms with Crippen molar-refractivity contribution in [3.63, 3.8) is 0 Å². The van der Waals surface area contributed by atoms with Crippen LogP contribution in [0.25, 0.3) is 0 Å². The predicted molar refractivity (Wildman–Crippen MR) is 320 cm³/mol. The van der Waals surface area contributed by atoms with Crippen LogP contribution in [0.4, 0.5) is 0 Å². The van der Waals surface area contributed by atoms with Gasteiger partial charge in [-0.05, 0) is 135 Å². The van der Waals surface area contributed by atoms with Crippen molar-refractivity contribution in [2.75, 3.05) is 13.2 Å². The lowest BCUT2D eigenvalue weighted by atomic mass is 10.1. The molecular formula is C68H112O6. The zero-order valence-electron chi connectivity index (χ0n) is 48.1. The third-order valence-corrected chi connectivity index (χ3v) is 12.7. The number of esters is 3. The van der Waals surface area contributed by atoms with Gasteiger partial charge in [0.25, 0.3) is 0 Å². The summed E-state index contributed by atoms with van der Waals surface area (Å²) in [4.78, 5) is 38.2. The Morgan fingerprint density at radius 2 is 0.527 bits per heavy atom. The molecule has 0 aliphatic heterocycles. The summed E-state index contributed by atoms with van der Waals surface area (Å²) in [6.07, 6.45) is 84.8. The van der Waals surface area contributed by atoms with Gasteiger partial charge in [0.1, 0.15) is 13.2 Å². The Morgan fingerprint density at radius 3 is 0.865 bits per heavy atom. The van der Waals surface area contributed by atoms with Crippen LogP contribution in [0.1, 0.15) is 271 Å². The fourth-order valence-corrected chi connectivity index (χ4v) is 8.09. The summed E-state index contributed by atoms with van der Waals surface area (Å²) >= 11 is 0. The zero-order chi connectivity index (χ0) is 53.6. The summed E-state index contributed by atoms with van der Waals surface area (Å²) in [6, 6.07) is 0. The van der Waals surface area contributed by atoms with Crippen molar-refractivity contribution in [1.29, 1.82) is 0 Å². The fraction of sp³-hybridized carbons (Fsp3) is 0.662. The molecule has 0 fully saturated rings. The number of hydrogen-bond acceptors (Lipinski definition) is 6. The summed E-state index contributed by atoms with van der Waals surface area (Å²) in [7, 11) is 0. The molecule has 0 radical (unpaired) electrons. The van der Waals surface area contributed by atoms with E-state index in [9.17, 15) is 14.4 Å². The van der Waals surface area contributed by atoms with Crippen molar-refractivity contribution in [1.82, 2.24) is 0 Å². The lowest BCUT2D eigenvalue weighted by Gasteiger charge is -2.18. The predicted octanol–water partition coefficient (Wildman–Crippen LogP) is 20.8. The lowest BCUT2D eigenvalue weighted by Crippen LogP contribution is -2.30. The Kier molecular flexibility index (Phi) is 57.9. The van der Waals surface area contributed by atoms with Crippen molar-refractivity contribution < 1.29 is 28.6 Å². The van der Waals surface area contributed by atoms with E-state index < -0.39 is 6.10 Å². The highest BCUT2D eigenvalue weighted by Gasteiger charge is 2.19. The van der Waals surface area contributed by atoms with Crippen molar-refractivity contribution in [2.24, 2.45) is 0 Å². The molecule has 0 spiro atoms. The van der Waals surface area contributed by atoms with Gasteiger partial charge in [-0.1, -0.05) is 239 Å². The molecule has 0 aromatic heterocycles. The van der Waals surface area contributed by atoms with E-state index in [1.54, 1.807) is 0 Å². The Labute approximate surface area is 456 Å². The number of carbonyl (C=O) groups excluding carboxylic acids is 3. The van der Waals surface area contributed by atoms with E-state index in [2.05, 4.69) is 142 Å². The molecule has 0 aromatic carbocycles. The van der Waals surface area contributed by atoms with Crippen molar-refractivity contribution in [3.8, 4) is 0 Å². The smallest absolute Gasteiger partial charge is 0.306 e. The monoisotopic (exact) mass is 1020 g/mol. The number of hydrogen-bond donors (Lipinski definition) is 0. The first-order chi connectivity index (χ1) is 36.5. The molecule has 1 unspecified atom stereocenters. The SMILES string of the molecule is CC/C=C\C/C=C\C/C=C\C/C=C\C/C=C\C/C=C\C/C=C\C/C=C\CCCCC(=O)OCC(COC(=O)CCCCCCC/C=C\CCCCCCC)OC(=O)CCCCCCC/C=C\CCCCCCCC. The molecule has 420 valence electrons. The summed E-state index contributed by atoms with van der Waals surface area (Å²) in [6.45, 7) is 6.46. The van der Waals surface area contributed by atoms with E-state index >= 15 is 0 Å².